The number of carbonyl (C=O) groups excluding carboxylic acids is 1. The van der Waals surface area contributed by atoms with E-state index in [1.54, 1.807) is 31.2 Å². The number of hydrogen-bond acceptors (Lipinski definition) is 7. The molecular formula is C20H22N4O5S. The summed E-state index contributed by atoms with van der Waals surface area (Å²) < 4.78 is 35.1. The van der Waals surface area contributed by atoms with Crippen LogP contribution in [0.15, 0.2) is 59.1 Å². The first-order chi connectivity index (χ1) is 14.2. The first-order valence-corrected chi connectivity index (χ1v) is 10.9. The maximum absolute atomic E-state index is 12.3. The second kappa shape index (κ2) is 8.95. The average Bonchev–Trinajstić information content (AvgIpc) is 3.21. The van der Waals surface area contributed by atoms with Crippen molar-refractivity contribution < 1.29 is 22.5 Å². The van der Waals surface area contributed by atoms with Crippen molar-refractivity contribution in [1.82, 2.24) is 15.5 Å². The minimum absolute atomic E-state index is 0.0739. The molecule has 0 radical (unpaired) electrons. The van der Waals surface area contributed by atoms with E-state index >= 15 is 0 Å². The molecule has 0 saturated heterocycles. The van der Waals surface area contributed by atoms with Gasteiger partial charge in [-0.2, -0.15) is 4.98 Å². The number of aromatic nitrogens is 2. The van der Waals surface area contributed by atoms with Crippen molar-refractivity contribution in [3.05, 3.63) is 60.5 Å². The molecule has 0 unspecified atom stereocenters. The molecular weight excluding hydrogens is 408 g/mol. The first-order valence-electron chi connectivity index (χ1n) is 9.10. The molecule has 158 valence electrons. The van der Waals surface area contributed by atoms with Crippen LogP contribution in [-0.4, -0.2) is 43.9 Å². The van der Waals surface area contributed by atoms with E-state index < -0.39 is 16.1 Å². The number of nitrogens with zero attached hydrogens (tertiary/aromatic N) is 3. The van der Waals surface area contributed by atoms with Gasteiger partial charge < -0.3 is 14.6 Å². The number of nitrogens with one attached hydrogen (secondary N) is 1. The minimum Gasteiger partial charge on any atom is -0.481 e. The maximum atomic E-state index is 12.3. The van der Waals surface area contributed by atoms with Crippen LogP contribution in [0.3, 0.4) is 0 Å². The molecule has 3 rings (SSSR count). The van der Waals surface area contributed by atoms with Crippen molar-refractivity contribution in [1.29, 1.82) is 0 Å². The topological polar surface area (TPSA) is 115 Å². The summed E-state index contributed by atoms with van der Waals surface area (Å²) in [5.74, 6) is 0.810. The Morgan fingerprint density at radius 1 is 1.17 bits per heavy atom. The van der Waals surface area contributed by atoms with Gasteiger partial charge in [-0.3, -0.25) is 9.10 Å². The number of carbonyl (C=O) groups is 1. The van der Waals surface area contributed by atoms with Crippen LogP contribution in [0.5, 0.6) is 5.75 Å². The van der Waals surface area contributed by atoms with Crippen molar-refractivity contribution in [3.63, 3.8) is 0 Å². The van der Waals surface area contributed by atoms with Gasteiger partial charge in [0.25, 0.3) is 5.91 Å². The Balaban J connectivity index is 1.53. The lowest BCUT2D eigenvalue weighted by molar-refractivity contribution is -0.127. The van der Waals surface area contributed by atoms with Gasteiger partial charge in [-0.05, 0) is 31.2 Å². The highest BCUT2D eigenvalue weighted by atomic mass is 32.2. The molecule has 0 aliphatic carbocycles. The van der Waals surface area contributed by atoms with Gasteiger partial charge in [0.1, 0.15) is 5.75 Å². The van der Waals surface area contributed by atoms with Crippen molar-refractivity contribution in [2.45, 2.75) is 19.6 Å². The van der Waals surface area contributed by atoms with Gasteiger partial charge in [-0.1, -0.05) is 35.5 Å². The summed E-state index contributed by atoms with van der Waals surface area (Å²) in [4.78, 5) is 16.5. The third-order valence-corrected chi connectivity index (χ3v) is 5.50. The third kappa shape index (κ3) is 5.35. The second-order valence-corrected chi connectivity index (χ2v) is 8.59. The maximum Gasteiger partial charge on any atom is 0.261 e. The van der Waals surface area contributed by atoms with Gasteiger partial charge in [0.15, 0.2) is 6.10 Å². The highest BCUT2D eigenvalue weighted by Gasteiger charge is 2.17. The fourth-order valence-corrected chi connectivity index (χ4v) is 3.03. The summed E-state index contributed by atoms with van der Waals surface area (Å²) in [5, 5.41) is 6.59. The normalized spacial score (nSPS) is 12.2. The zero-order chi connectivity index (χ0) is 21.7. The molecule has 1 atom stereocenters. The molecule has 0 bridgehead atoms. The van der Waals surface area contributed by atoms with Crippen molar-refractivity contribution >= 4 is 21.6 Å². The fourth-order valence-electron chi connectivity index (χ4n) is 2.52. The van der Waals surface area contributed by atoms with E-state index in [9.17, 15) is 13.2 Å². The van der Waals surface area contributed by atoms with Crippen LogP contribution in [0.25, 0.3) is 11.4 Å². The second-order valence-electron chi connectivity index (χ2n) is 6.58. The Morgan fingerprint density at radius 3 is 2.47 bits per heavy atom. The predicted octanol–water partition coefficient (Wildman–Crippen LogP) is 2.22. The van der Waals surface area contributed by atoms with E-state index in [1.807, 2.05) is 30.3 Å². The third-order valence-electron chi connectivity index (χ3n) is 4.29. The molecule has 10 heteroatoms. The molecule has 0 aliphatic heterocycles. The lowest BCUT2D eigenvalue weighted by Gasteiger charge is -2.18. The van der Waals surface area contributed by atoms with Crippen molar-refractivity contribution in [2.75, 3.05) is 17.6 Å². The largest absolute Gasteiger partial charge is 0.481 e. The van der Waals surface area contributed by atoms with Gasteiger partial charge in [0.2, 0.25) is 21.7 Å². The lowest BCUT2D eigenvalue weighted by Crippen LogP contribution is -2.36. The monoisotopic (exact) mass is 430 g/mol. The van der Waals surface area contributed by atoms with Gasteiger partial charge in [0.05, 0.1) is 18.5 Å². The van der Waals surface area contributed by atoms with Gasteiger partial charge in [0, 0.05) is 12.6 Å². The minimum atomic E-state index is -3.35. The van der Waals surface area contributed by atoms with Crippen LogP contribution >= 0.6 is 0 Å². The Labute approximate surface area is 174 Å². The van der Waals surface area contributed by atoms with E-state index in [2.05, 4.69) is 15.5 Å². The number of amides is 1. The first kappa shape index (κ1) is 21.3. The van der Waals surface area contributed by atoms with Gasteiger partial charge in [-0.15, -0.1) is 0 Å². The summed E-state index contributed by atoms with van der Waals surface area (Å²) in [6, 6.07) is 15.8. The Bertz CT molecular complexity index is 1100. The molecule has 0 spiro atoms. The highest BCUT2D eigenvalue weighted by Crippen LogP contribution is 2.21. The number of hydrogen-bond donors (Lipinski definition) is 1. The fraction of sp³-hybridized carbons (Fsp3) is 0.250. The number of rotatable bonds is 8. The predicted molar refractivity (Wildman–Crippen MR) is 111 cm³/mol. The molecule has 9 nitrogen and oxygen atoms in total. The molecule has 1 N–H and O–H groups in total. The SMILES string of the molecule is C[C@H](Oc1ccc(N(C)S(C)(=O)=O)cc1)C(=O)NCc1nc(-c2ccccc2)no1. The summed E-state index contributed by atoms with van der Waals surface area (Å²) in [5.41, 5.74) is 1.31. The lowest BCUT2D eigenvalue weighted by atomic mass is 10.2. The van der Waals surface area contributed by atoms with Crippen LogP contribution < -0.4 is 14.4 Å². The van der Waals surface area contributed by atoms with Crippen molar-refractivity contribution in [2.24, 2.45) is 0 Å². The number of ether oxygens (including phenoxy) is 1. The molecule has 1 amide bonds. The summed E-state index contributed by atoms with van der Waals surface area (Å²) in [7, 11) is -1.89. The van der Waals surface area contributed by atoms with E-state index in [0.717, 1.165) is 16.1 Å². The van der Waals surface area contributed by atoms with E-state index in [-0.39, 0.29) is 18.3 Å². The molecule has 0 fully saturated rings. The standard InChI is InChI=1S/C20H22N4O5S/c1-14(28-17-11-9-16(10-12-17)24(2)30(3,26)27)20(25)21-13-18-22-19(23-29-18)15-7-5-4-6-8-15/h4-12,14H,13H2,1-3H3,(H,21,25)/t14-/m0/s1. The molecule has 1 heterocycles. The van der Waals surface area contributed by atoms with Crippen LogP contribution in [-0.2, 0) is 21.4 Å². The smallest absolute Gasteiger partial charge is 0.261 e. The zero-order valence-corrected chi connectivity index (χ0v) is 17.6. The Hall–Kier alpha value is -3.40. The molecule has 0 saturated carbocycles. The van der Waals surface area contributed by atoms with E-state index in [1.165, 1.54) is 7.05 Å². The highest BCUT2D eigenvalue weighted by molar-refractivity contribution is 7.92. The van der Waals surface area contributed by atoms with Crippen LogP contribution in [0.1, 0.15) is 12.8 Å². The number of benzene rings is 2. The van der Waals surface area contributed by atoms with E-state index in [0.29, 0.717) is 17.3 Å². The number of sulfonamides is 1. The summed E-state index contributed by atoms with van der Waals surface area (Å²) in [6.45, 7) is 1.68. The van der Waals surface area contributed by atoms with E-state index in [4.69, 9.17) is 9.26 Å². The van der Waals surface area contributed by atoms with Crippen LogP contribution in [0.4, 0.5) is 5.69 Å². The number of anilines is 1. The molecule has 2 aromatic carbocycles. The summed E-state index contributed by atoms with van der Waals surface area (Å²) in [6.07, 6.45) is 0.343. The van der Waals surface area contributed by atoms with Gasteiger partial charge >= 0.3 is 0 Å². The molecule has 1 aromatic heterocycles. The van der Waals surface area contributed by atoms with Crippen LogP contribution in [0.2, 0.25) is 0 Å². The Morgan fingerprint density at radius 2 is 1.83 bits per heavy atom. The quantitative estimate of drug-likeness (QED) is 0.583. The summed E-state index contributed by atoms with van der Waals surface area (Å²) >= 11 is 0. The zero-order valence-electron chi connectivity index (χ0n) is 16.8. The van der Waals surface area contributed by atoms with Crippen LogP contribution in [0, 0.1) is 0 Å². The average molecular weight is 430 g/mol. The molecule has 30 heavy (non-hydrogen) atoms. The molecule has 3 aromatic rings. The Kier molecular flexibility index (Phi) is 6.36. The molecule has 0 aliphatic rings. The van der Waals surface area contributed by atoms with Gasteiger partial charge in [-0.25, -0.2) is 8.42 Å². The van der Waals surface area contributed by atoms with Crippen molar-refractivity contribution in [3.8, 4) is 17.1 Å².